The fourth-order valence-electron chi connectivity index (χ4n) is 3.89. The van der Waals surface area contributed by atoms with Gasteiger partial charge in [0.25, 0.3) is 5.91 Å². The van der Waals surface area contributed by atoms with E-state index in [0.29, 0.717) is 16.7 Å². The first-order chi connectivity index (χ1) is 15.0. The zero-order valence-corrected chi connectivity index (χ0v) is 16.8. The molecule has 0 aliphatic carbocycles. The third-order valence-electron chi connectivity index (χ3n) is 5.35. The van der Waals surface area contributed by atoms with Crippen LogP contribution in [0.15, 0.2) is 43.0 Å². The number of aliphatic hydroxyl groups is 1. The first-order valence-electron chi connectivity index (χ1n) is 9.29. The summed E-state index contributed by atoms with van der Waals surface area (Å²) < 4.78 is 29.6. The van der Waals surface area contributed by atoms with Gasteiger partial charge >= 0.3 is 8.25 Å². The van der Waals surface area contributed by atoms with Crippen molar-refractivity contribution in [2.24, 2.45) is 0 Å². The first kappa shape index (κ1) is 20.1. The molecule has 12 nitrogen and oxygen atoms in total. The Bertz CT molecular complexity index is 1160. The van der Waals surface area contributed by atoms with Gasteiger partial charge in [-0.3, -0.25) is 9.36 Å². The predicted octanol–water partition coefficient (Wildman–Crippen LogP) is 0.772. The summed E-state index contributed by atoms with van der Waals surface area (Å²) >= 11 is 0. The van der Waals surface area contributed by atoms with Crippen LogP contribution in [0.25, 0.3) is 11.2 Å². The van der Waals surface area contributed by atoms with Gasteiger partial charge in [0.05, 0.1) is 19.5 Å². The van der Waals surface area contributed by atoms with E-state index in [9.17, 15) is 19.4 Å². The van der Waals surface area contributed by atoms with Crippen LogP contribution in [0.3, 0.4) is 0 Å². The van der Waals surface area contributed by atoms with E-state index in [0.717, 1.165) is 0 Å². The third kappa shape index (κ3) is 3.30. The van der Waals surface area contributed by atoms with Crippen molar-refractivity contribution in [2.45, 2.75) is 24.0 Å². The van der Waals surface area contributed by atoms with Gasteiger partial charge in [0.15, 0.2) is 34.9 Å². The van der Waals surface area contributed by atoms with Crippen LogP contribution in [0.1, 0.15) is 16.6 Å². The number of nitrogens with zero attached hydrogens (tertiary/aromatic N) is 4. The van der Waals surface area contributed by atoms with E-state index in [4.69, 9.17) is 14.0 Å². The molecule has 0 spiro atoms. The molecule has 5 atom stereocenters. The molecule has 2 fully saturated rings. The molecule has 2 saturated heterocycles. The number of fused-ring (bicyclic) bond motifs is 3. The fraction of sp³-hybridized carbons (Fsp3) is 0.333. The Hall–Kier alpha value is -2.86. The van der Waals surface area contributed by atoms with Gasteiger partial charge in [-0.25, -0.2) is 15.0 Å². The molecule has 0 radical (unpaired) electrons. The van der Waals surface area contributed by atoms with Crippen molar-refractivity contribution in [3.63, 3.8) is 0 Å². The molecule has 160 valence electrons. The van der Waals surface area contributed by atoms with Gasteiger partial charge < -0.3 is 19.9 Å². The minimum Gasteiger partial charge on any atom is -0.393 e. The summed E-state index contributed by atoms with van der Waals surface area (Å²) in [5, 5.41) is 12.6. The van der Waals surface area contributed by atoms with E-state index in [1.54, 1.807) is 28.8 Å². The molecule has 3 N–H and O–H groups in total. The van der Waals surface area contributed by atoms with E-state index >= 15 is 0 Å². The van der Waals surface area contributed by atoms with Crippen molar-refractivity contribution in [3.8, 4) is 0 Å². The molecule has 1 aromatic carbocycles. The summed E-state index contributed by atoms with van der Waals surface area (Å²) in [4.78, 5) is 34.4. The standard InChI is InChI=1S/C18H16N5O7P/c24-6-18-7-28-12(13(18)30-31(26)27)17(29-18)23-9-21-11-14(19-8-20-15(11)23)22-16(25)10-4-2-1-3-5-10/h1-5,8-9,12-13,17,24H,6-7H2,(H-,19,20,22,25,26,27)/p+1/t12-,13+,17-,18-/m1/s1. The van der Waals surface area contributed by atoms with Gasteiger partial charge in [-0.15, -0.1) is 9.42 Å². The predicted molar refractivity (Wildman–Crippen MR) is 104 cm³/mol. The Morgan fingerprint density at radius 2 is 2.13 bits per heavy atom. The molecule has 31 heavy (non-hydrogen) atoms. The minimum absolute atomic E-state index is 0.0124. The Morgan fingerprint density at radius 3 is 2.87 bits per heavy atom. The highest BCUT2D eigenvalue weighted by atomic mass is 31.1. The normalized spacial score (nSPS) is 27.5. The number of anilines is 1. The average Bonchev–Trinajstić information content (AvgIpc) is 3.44. The lowest BCUT2D eigenvalue weighted by Gasteiger charge is -2.29. The number of aromatic nitrogens is 4. The molecule has 0 saturated carbocycles. The number of imidazole rings is 1. The number of benzene rings is 1. The Balaban J connectivity index is 1.47. The smallest absolute Gasteiger partial charge is 0.393 e. The molecule has 4 heterocycles. The zero-order valence-electron chi connectivity index (χ0n) is 15.9. The SMILES string of the molecule is O=C(Nc1ncnc2c1ncn2[C@@H]1O[C@]2(CO)CO[C@@H]1[C@@H]2O[P+](=O)O)c1ccccc1. The summed E-state index contributed by atoms with van der Waals surface area (Å²) in [5.74, 6) is -0.140. The maximum Gasteiger partial charge on any atom is 0.695 e. The maximum absolute atomic E-state index is 12.5. The number of rotatable bonds is 6. The topological polar surface area (TPSA) is 158 Å². The lowest BCUT2D eigenvalue weighted by atomic mass is 10.0. The Labute approximate surface area is 175 Å². The highest BCUT2D eigenvalue weighted by Crippen LogP contribution is 2.49. The molecule has 2 aromatic heterocycles. The van der Waals surface area contributed by atoms with Crippen LogP contribution in [0.5, 0.6) is 0 Å². The number of nitrogens with one attached hydrogen (secondary N) is 1. The summed E-state index contributed by atoms with van der Waals surface area (Å²) in [5.41, 5.74) is -0.153. The number of hydrogen-bond donors (Lipinski definition) is 3. The molecule has 5 rings (SSSR count). The van der Waals surface area contributed by atoms with Gasteiger partial charge in [-0.05, 0) is 12.1 Å². The highest BCUT2D eigenvalue weighted by molar-refractivity contribution is 7.32. The van der Waals surface area contributed by atoms with E-state index in [1.807, 2.05) is 6.07 Å². The lowest BCUT2D eigenvalue weighted by Crippen LogP contribution is -2.44. The van der Waals surface area contributed by atoms with Crippen molar-refractivity contribution in [3.05, 3.63) is 48.5 Å². The second-order valence-electron chi connectivity index (χ2n) is 7.14. The molecule has 3 aromatic rings. The van der Waals surface area contributed by atoms with Crippen LogP contribution < -0.4 is 5.32 Å². The van der Waals surface area contributed by atoms with Crippen LogP contribution >= 0.6 is 8.25 Å². The van der Waals surface area contributed by atoms with E-state index in [1.165, 1.54) is 12.7 Å². The van der Waals surface area contributed by atoms with Gasteiger partial charge in [-0.1, -0.05) is 18.2 Å². The average molecular weight is 446 g/mol. The van der Waals surface area contributed by atoms with Crippen molar-refractivity contribution in [1.82, 2.24) is 19.5 Å². The Morgan fingerprint density at radius 1 is 1.32 bits per heavy atom. The monoisotopic (exact) mass is 446 g/mol. The van der Waals surface area contributed by atoms with Crippen molar-refractivity contribution >= 4 is 31.1 Å². The summed E-state index contributed by atoms with van der Waals surface area (Å²) in [6, 6.07) is 8.66. The highest BCUT2D eigenvalue weighted by Gasteiger charge is 2.66. The second-order valence-corrected chi connectivity index (χ2v) is 7.82. The fourth-order valence-corrected chi connectivity index (χ4v) is 4.39. The molecule has 1 amide bonds. The molecule has 2 aliphatic rings. The number of hydrogen-bond acceptors (Lipinski definition) is 9. The van der Waals surface area contributed by atoms with Crippen LogP contribution in [-0.2, 0) is 18.6 Å². The quantitative estimate of drug-likeness (QED) is 0.462. The minimum atomic E-state index is -2.93. The summed E-state index contributed by atoms with van der Waals surface area (Å²) in [6.45, 7) is -0.452. The molecule has 2 aliphatic heterocycles. The number of amides is 1. The number of ether oxygens (including phenoxy) is 2. The van der Waals surface area contributed by atoms with Crippen molar-refractivity contribution in [1.29, 1.82) is 0 Å². The van der Waals surface area contributed by atoms with Gasteiger partial charge in [-0.2, -0.15) is 0 Å². The van der Waals surface area contributed by atoms with Crippen molar-refractivity contribution < 1.29 is 33.4 Å². The molecular formula is C18H17N5O7P+. The number of carbonyl (C=O) groups excluding carboxylic acids is 1. The van der Waals surface area contributed by atoms with Crippen LogP contribution in [0.4, 0.5) is 5.82 Å². The first-order valence-corrected chi connectivity index (χ1v) is 10.4. The van der Waals surface area contributed by atoms with Gasteiger partial charge in [0.2, 0.25) is 0 Å². The zero-order chi connectivity index (χ0) is 21.6. The van der Waals surface area contributed by atoms with Crippen LogP contribution in [-0.4, -0.2) is 66.4 Å². The van der Waals surface area contributed by atoms with Crippen LogP contribution in [0, 0.1) is 0 Å². The molecule has 1 unspecified atom stereocenters. The number of carbonyl (C=O) groups is 1. The number of aliphatic hydroxyl groups excluding tert-OH is 1. The Kier molecular flexibility index (Phi) is 4.97. The molecular weight excluding hydrogens is 429 g/mol. The summed E-state index contributed by atoms with van der Waals surface area (Å²) in [7, 11) is -2.93. The van der Waals surface area contributed by atoms with E-state index in [-0.39, 0.29) is 18.3 Å². The largest absolute Gasteiger partial charge is 0.695 e. The second kappa shape index (κ2) is 7.68. The van der Waals surface area contributed by atoms with Gasteiger partial charge in [0, 0.05) is 10.1 Å². The third-order valence-corrected chi connectivity index (χ3v) is 5.75. The van der Waals surface area contributed by atoms with Crippen molar-refractivity contribution in [2.75, 3.05) is 18.5 Å². The maximum atomic E-state index is 12.5. The molecule has 2 bridgehead atoms. The van der Waals surface area contributed by atoms with Crippen LogP contribution in [0.2, 0.25) is 0 Å². The van der Waals surface area contributed by atoms with E-state index in [2.05, 4.69) is 20.3 Å². The summed E-state index contributed by atoms with van der Waals surface area (Å²) in [6.07, 6.45) is 0.169. The van der Waals surface area contributed by atoms with Gasteiger partial charge in [0.1, 0.15) is 12.4 Å². The molecule has 13 heteroatoms. The van der Waals surface area contributed by atoms with E-state index < -0.39 is 38.9 Å². The lowest BCUT2D eigenvalue weighted by molar-refractivity contribution is -0.184.